The molecule has 2 aromatic carbocycles. The zero-order valence-corrected chi connectivity index (χ0v) is 14.4. The smallest absolute Gasteiger partial charge is 0.321 e. The highest BCUT2D eigenvalue weighted by Crippen LogP contribution is 2.25. The first-order valence-electron chi connectivity index (χ1n) is 7.45. The van der Waals surface area contributed by atoms with Gasteiger partial charge in [0.1, 0.15) is 12.4 Å². The lowest BCUT2D eigenvalue weighted by Crippen LogP contribution is -2.39. The number of para-hydroxylation sites is 1. The summed E-state index contributed by atoms with van der Waals surface area (Å²) >= 11 is 6.13. The molecule has 0 aromatic heterocycles. The van der Waals surface area contributed by atoms with Crippen molar-refractivity contribution in [2.75, 3.05) is 25.1 Å². The molecule has 0 heterocycles. The first kappa shape index (κ1) is 17.2. The third kappa shape index (κ3) is 4.63. The maximum atomic E-state index is 12.0. The van der Waals surface area contributed by atoms with Gasteiger partial charge >= 0.3 is 6.03 Å². The Labute approximate surface area is 142 Å². The number of hydrogen-bond acceptors (Lipinski definition) is 2. The molecule has 0 radical (unpaired) electrons. The van der Waals surface area contributed by atoms with Gasteiger partial charge in [-0.15, -0.1) is 0 Å². The molecule has 0 aliphatic heterocycles. The predicted molar refractivity (Wildman–Crippen MR) is 94.7 cm³/mol. The van der Waals surface area contributed by atoms with Crippen LogP contribution in [0.3, 0.4) is 0 Å². The summed E-state index contributed by atoms with van der Waals surface area (Å²) in [4.78, 5) is 13.6. The molecule has 0 saturated carbocycles. The van der Waals surface area contributed by atoms with Gasteiger partial charge in [-0.3, -0.25) is 4.90 Å². The number of urea groups is 1. The van der Waals surface area contributed by atoms with E-state index in [-0.39, 0.29) is 6.03 Å². The minimum atomic E-state index is -0.164. The lowest BCUT2D eigenvalue weighted by Gasteiger charge is -2.18. The largest absolute Gasteiger partial charge is 0.492 e. The Morgan fingerprint density at radius 2 is 1.78 bits per heavy atom. The SMILES string of the molecule is Cc1cc(OCCNC(=O)N(C)c2ccccc2)cc(C)c1Cl. The highest BCUT2D eigenvalue weighted by molar-refractivity contribution is 6.32. The van der Waals surface area contributed by atoms with Gasteiger partial charge in [-0.1, -0.05) is 29.8 Å². The van der Waals surface area contributed by atoms with Crippen LogP contribution in [0.15, 0.2) is 42.5 Å². The monoisotopic (exact) mass is 332 g/mol. The van der Waals surface area contributed by atoms with Crippen LogP contribution in [0.5, 0.6) is 5.75 Å². The van der Waals surface area contributed by atoms with Crippen molar-refractivity contribution in [2.45, 2.75) is 13.8 Å². The molecule has 5 heteroatoms. The minimum Gasteiger partial charge on any atom is -0.492 e. The minimum absolute atomic E-state index is 0.164. The van der Waals surface area contributed by atoms with Gasteiger partial charge < -0.3 is 10.1 Å². The van der Waals surface area contributed by atoms with Crippen molar-refractivity contribution >= 4 is 23.3 Å². The van der Waals surface area contributed by atoms with Crippen molar-refractivity contribution in [3.05, 3.63) is 58.6 Å². The number of benzene rings is 2. The zero-order chi connectivity index (χ0) is 16.8. The third-order valence-electron chi connectivity index (χ3n) is 3.51. The molecule has 0 saturated heterocycles. The van der Waals surface area contributed by atoms with Gasteiger partial charge in [0.15, 0.2) is 0 Å². The van der Waals surface area contributed by atoms with Crippen molar-refractivity contribution in [3.8, 4) is 5.75 Å². The molecule has 23 heavy (non-hydrogen) atoms. The van der Waals surface area contributed by atoms with Crippen LogP contribution in [-0.2, 0) is 0 Å². The van der Waals surface area contributed by atoms with E-state index in [1.165, 1.54) is 0 Å². The first-order chi connectivity index (χ1) is 11.0. The van der Waals surface area contributed by atoms with Crippen molar-refractivity contribution in [1.29, 1.82) is 0 Å². The molecule has 2 amide bonds. The predicted octanol–water partition coefficient (Wildman–Crippen LogP) is 4.18. The van der Waals surface area contributed by atoms with Crippen molar-refractivity contribution < 1.29 is 9.53 Å². The standard InChI is InChI=1S/C18H21ClN2O2/c1-13-11-16(12-14(2)17(13)19)23-10-9-20-18(22)21(3)15-7-5-4-6-8-15/h4-8,11-12H,9-10H2,1-3H3,(H,20,22). The number of nitrogens with zero attached hydrogens (tertiary/aromatic N) is 1. The number of carbonyl (C=O) groups excluding carboxylic acids is 1. The molecule has 0 spiro atoms. The number of amides is 2. The molecule has 0 bridgehead atoms. The molecule has 0 fully saturated rings. The van der Waals surface area contributed by atoms with E-state index in [9.17, 15) is 4.79 Å². The Balaban J connectivity index is 1.80. The number of ether oxygens (including phenoxy) is 1. The summed E-state index contributed by atoms with van der Waals surface area (Å²) in [7, 11) is 1.73. The van der Waals surface area contributed by atoms with Crippen LogP contribution in [0.2, 0.25) is 5.02 Å². The van der Waals surface area contributed by atoms with Crippen LogP contribution >= 0.6 is 11.6 Å². The Hall–Kier alpha value is -2.20. The average molecular weight is 333 g/mol. The molecule has 122 valence electrons. The Bertz CT molecular complexity index is 651. The second kappa shape index (κ2) is 7.88. The second-order valence-electron chi connectivity index (χ2n) is 5.35. The van der Waals surface area contributed by atoms with Crippen molar-refractivity contribution in [2.24, 2.45) is 0 Å². The van der Waals surface area contributed by atoms with E-state index in [1.807, 2.05) is 56.3 Å². The van der Waals surface area contributed by atoms with Crippen LogP contribution in [0, 0.1) is 13.8 Å². The maximum absolute atomic E-state index is 12.0. The van der Waals surface area contributed by atoms with Gasteiger partial charge in [-0.25, -0.2) is 4.79 Å². The number of aryl methyl sites for hydroxylation is 2. The highest BCUT2D eigenvalue weighted by atomic mass is 35.5. The molecule has 0 atom stereocenters. The first-order valence-corrected chi connectivity index (χ1v) is 7.83. The lowest BCUT2D eigenvalue weighted by molar-refractivity contribution is 0.243. The summed E-state index contributed by atoms with van der Waals surface area (Å²) in [6, 6.07) is 13.1. The van der Waals surface area contributed by atoms with E-state index in [4.69, 9.17) is 16.3 Å². The van der Waals surface area contributed by atoms with Crippen LogP contribution < -0.4 is 15.0 Å². The van der Waals surface area contributed by atoms with Gasteiger partial charge in [0.25, 0.3) is 0 Å². The number of anilines is 1. The fourth-order valence-electron chi connectivity index (χ4n) is 2.20. The molecular weight excluding hydrogens is 312 g/mol. The molecule has 0 unspecified atom stereocenters. The summed E-state index contributed by atoms with van der Waals surface area (Å²) in [6.07, 6.45) is 0. The fraction of sp³-hybridized carbons (Fsp3) is 0.278. The van der Waals surface area contributed by atoms with Gasteiger partial charge in [0.2, 0.25) is 0 Å². The molecule has 0 aliphatic rings. The number of carbonyl (C=O) groups is 1. The van der Waals surface area contributed by atoms with Crippen LogP contribution in [0.25, 0.3) is 0 Å². The zero-order valence-electron chi connectivity index (χ0n) is 13.6. The second-order valence-corrected chi connectivity index (χ2v) is 5.72. The molecule has 1 N–H and O–H groups in total. The van der Waals surface area contributed by atoms with Gasteiger partial charge in [-0.05, 0) is 49.2 Å². The molecule has 2 aromatic rings. The average Bonchev–Trinajstić information content (AvgIpc) is 2.56. The van der Waals surface area contributed by atoms with E-state index >= 15 is 0 Å². The Morgan fingerprint density at radius 3 is 2.39 bits per heavy atom. The normalized spacial score (nSPS) is 10.3. The molecule has 2 rings (SSSR count). The van der Waals surface area contributed by atoms with Gasteiger partial charge in [-0.2, -0.15) is 0 Å². The van der Waals surface area contributed by atoms with Crippen LogP contribution in [0.4, 0.5) is 10.5 Å². The quantitative estimate of drug-likeness (QED) is 0.834. The maximum Gasteiger partial charge on any atom is 0.321 e. The Morgan fingerprint density at radius 1 is 1.17 bits per heavy atom. The summed E-state index contributed by atoms with van der Waals surface area (Å²) < 4.78 is 5.67. The fourth-order valence-corrected chi connectivity index (χ4v) is 2.31. The summed E-state index contributed by atoms with van der Waals surface area (Å²) in [5.41, 5.74) is 2.80. The number of rotatable bonds is 5. The Kier molecular flexibility index (Phi) is 5.88. The van der Waals surface area contributed by atoms with Crippen LogP contribution in [-0.4, -0.2) is 26.2 Å². The number of hydrogen-bond donors (Lipinski definition) is 1. The van der Waals surface area contributed by atoms with E-state index in [1.54, 1.807) is 11.9 Å². The number of halogens is 1. The molecular formula is C18H21ClN2O2. The van der Waals surface area contributed by atoms with Crippen LogP contribution in [0.1, 0.15) is 11.1 Å². The number of nitrogens with one attached hydrogen (secondary N) is 1. The van der Waals surface area contributed by atoms with Crippen molar-refractivity contribution in [3.63, 3.8) is 0 Å². The summed E-state index contributed by atoms with van der Waals surface area (Å²) in [6.45, 7) is 4.71. The van der Waals surface area contributed by atoms with E-state index in [0.29, 0.717) is 13.2 Å². The third-order valence-corrected chi connectivity index (χ3v) is 4.10. The van der Waals surface area contributed by atoms with E-state index < -0.39 is 0 Å². The lowest BCUT2D eigenvalue weighted by atomic mass is 10.1. The van der Waals surface area contributed by atoms with Gasteiger partial charge in [0, 0.05) is 17.8 Å². The molecule has 4 nitrogen and oxygen atoms in total. The van der Waals surface area contributed by atoms with E-state index in [2.05, 4.69) is 5.32 Å². The van der Waals surface area contributed by atoms with Gasteiger partial charge in [0.05, 0.1) is 6.54 Å². The summed E-state index contributed by atoms with van der Waals surface area (Å²) in [5, 5.41) is 3.59. The van der Waals surface area contributed by atoms with Crippen molar-refractivity contribution in [1.82, 2.24) is 5.32 Å². The van der Waals surface area contributed by atoms with E-state index in [0.717, 1.165) is 27.6 Å². The highest BCUT2D eigenvalue weighted by Gasteiger charge is 2.09. The molecule has 0 aliphatic carbocycles. The topological polar surface area (TPSA) is 41.6 Å². The summed E-state index contributed by atoms with van der Waals surface area (Å²) in [5.74, 6) is 0.759.